The standard InChI is InChI=1S/C34H34FN7O2/c1-20(2)42-22(4)37-31-21(3)14-24(15-29(31)42)32-27(35)17-36-34(39-32)38-25-10-11-28-30(16-25)44-19-26-18-40(12-13-41(26)28)33(43)23-8-6-5-7-9-23/h5-11,14-17,20,26H,12-13,18-19H2,1-4H3,(H,36,38,39). The van der Waals surface area contributed by atoms with Crippen molar-refractivity contribution in [3.05, 3.63) is 89.6 Å². The first kappa shape index (κ1) is 27.8. The summed E-state index contributed by atoms with van der Waals surface area (Å²) in [5.41, 5.74) is 6.14. The van der Waals surface area contributed by atoms with Crippen LogP contribution in [0.25, 0.3) is 22.3 Å². The van der Waals surface area contributed by atoms with Crippen molar-refractivity contribution in [1.29, 1.82) is 0 Å². The fourth-order valence-corrected chi connectivity index (χ4v) is 6.42. The number of aryl methyl sites for hydroxylation is 2. The number of piperazine rings is 1. The molecule has 2 aliphatic heterocycles. The summed E-state index contributed by atoms with van der Waals surface area (Å²) < 4.78 is 23.5. The molecular weight excluding hydrogens is 557 g/mol. The number of ether oxygens (including phenoxy) is 1. The third kappa shape index (κ3) is 4.90. The van der Waals surface area contributed by atoms with E-state index in [-0.39, 0.29) is 29.6 Å². The van der Waals surface area contributed by atoms with E-state index in [4.69, 9.17) is 9.72 Å². The Morgan fingerprint density at radius 2 is 1.86 bits per heavy atom. The second-order valence-corrected chi connectivity index (χ2v) is 11.8. The van der Waals surface area contributed by atoms with Crippen LogP contribution in [-0.2, 0) is 0 Å². The molecule has 1 amide bonds. The number of fused-ring (bicyclic) bond motifs is 4. The SMILES string of the molecule is Cc1cc(-c2nc(Nc3ccc4c(c3)OCC3CN(C(=O)c5ccccc5)CCN43)ncc2F)cc2c1nc(C)n2C(C)C. The van der Waals surface area contributed by atoms with E-state index < -0.39 is 5.82 Å². The Kier molecular flexibility index (Phi) is 6.91. The molecule has 2 aliphatic rings. The summed E-state index contributed by atoms with van der Waals surface area (Å²) in [5, 5.41) is 3.23. The molecule has 1 N–H and O–H groups in total. The average molecular weight is 592 g/mol. The van der Waals surface area contributed by atoms with E-state index in [0.717, 1.165) is 46.1 Å². The van der Waals surface area contributed by atoms with Gasteiger partial charge in [0.1, 0.15) is 23.9 Å². The van der Waals surface area contributed by atoms with Crippen LogP contribution in [-0.4, -0.2) is 62.6 Å². The highest BCUT2D eigenvalue weighted by Crippen LogP contribution is 2.38. The highest BCUT2D eigenvalue weighted by atomic mass is 19.1. The Bertz CT molecular complexity index is 1890. The normalized spacial score (nSPS) is 16.1. The maximum atomic E-state index is 15.1. The Morgan fingerprint density at radius 1 is 1.05 bits per heavy atom. The lowest BCUT2D eigenvalue weighted by atomic mass is 10.1. The molecule has 9 nitrogen and oxygen atoms in total. The second kappa shape index (κ2) is 10.9. The van der Waals surface area contributed by atoms with Crippen molar-refractivity contribution >= 4 is 34.3 Å². The van der Waals surface area contributed by atoms with Gasteiger partial charge in [0.05, 0.1) is 29.0 Å². The van der Waals surface area contributed by atoms with Crippen LogP contribution in [0.4, 0.5) is 21.7 Å². The van der Waals surface area contributed by atoms with E-state index in [1.165, 1.54) is 6.20 Å². The lowest BCUT2D eigenvalue weighted by Crippen LogP contribution is -2.58. The van der Waals surface area contributed by atoms with Crippen molar-refractivity contribution in [3.8, 4) is 17.0 Å². The van der Waals surface area contributed by atoms with Crippen molar-refractivity contribution in [2.75, 3.05) is 36.5 Å². The summed E-state index contributed by atoms with van der Waals surface area (Å²) in [6.07, 6.45) is 1.20. The molecule has 10 heteroatoms. The van der Waals surface area contributed by atoms with Crippen LogP contribution >= 0.6 is 0 Å². The van der Waals surface area contributed by atoms with Gasteiger partial charge in [0.15, 0.2) is 5.82 Å². The molecule has 1 atom stereocenters. The average Bonchev–Trinajstić information content (AvgIpc) is 3.38. The number of carbonyl (C=O) groups is 1. The summed E-state index contributed by atoms with van der Waals surface area (Å²) in [7, 11) is 0. The summed E-state index contributed by atoms with van der Waals surface area (Å²) in [5.74, 6) is 1.50. The van der Waals surface area contributed by atoms with Crippen molar-refractivity contribution in [1.82, 2.24) is 24.4 Å². The molecule has 5 aromatic rings. The maximum absolute atomic E-state index is 15.1. The van der Waals surface area contributed by atoms with E-state index in [1.807, 2.05) is 79.4 Å². The predicted octanol–water partition coefficient (Wildman–Crippen LogP) is 6.30. The number of rotatable bonds is 5. The van der Waals surface area contributed by atoms with E-state index in [2.05, 4.69) is 38.6 Å². The molecule has 7 rings (SSSR count). The van der Waals surface area contributed by atoms with Crippen LogP contribution in [0.15, 0.2) is 66.9 Å². The fraction of sp³-hybridized carbons (Fsp3) is 0.294. The Balaban J connectivity index is 1.11. The van der Waals surface area contributed by atoms with Gasteiger partial charge in [-0.05, 0) is 69.7 Å². The van der Waals surface area contributed by atoms with E-state index in [9.17, 15) is 4.79 Å². The first-order chi connectivity index (χ1) is 21.3. The molecule has 1 fully saturated rings. The second-order valence-electron chi connectivity index (χ2n) is 11.8. The highest BCUT2D eigenvalue weighted by molar-refractivity contribution is 5.94. The molecule has 0 radical (unpaired) electrons. The monoisotopic (exact) mass is 591 g/mol. The number of benzene rings is 3. The first-order valence-corrected chi connectivity index (χ1v) is 14.9. The number of hydrogen-bond acceptors (Lipinski definition) is 7. The molecule has 0 saturated carbocycles. The maximum Gasteiger partial charge on any atom is 0.253 e. The smallest absolute Gasteiger partial charge is 0.253 e. The third-order valence-electron chi connectivity index (χ3n) is 8.44. The van der Waals surface area contributed by atoms with Crippen molar-refractivity contribution in [2.45, 2.75) is 39.8 Å². The molecule has 1 saturated heterocycles. The van der Waals surface area contributed by atoms with Crippen molar-refractivity contribution in [3.63, 3.8) is 0 Å². The zero-order valence-corrected chi connectivity index (χ0v) is 25.2. The molecule has 0 spiro atoms. The van der Waals surface area contributed by atoms with Gasteiger partial charge >= 0.3 is 0 Å². The summed E-state index contributed by atoms with van der Waals surface area (Å²) in [4.78, 5) is 30.8. The molecule has 3 aromatic carbocycles. The quantitative estimate of drug-likeness (QED) is 0.257. The fourth-order valence-electron chi connectivity index (χ4n) is 6.42. The van der Waals surface area contributed by atoms with Gasteiger partial charge in [0.25, 0.3) is 5.91 Å². The molecule has 2 aromatic heterocycles. The number of amides is 1. The van der Waals surface area contributed by atoms with Crippen LogP contribution in [0.2, 0.25) is 0 Å². The highest BCUT2D eigenvalue weighted by Gasteiger charge is 2.35. The number of aromatic nitrogens is 4. The molecule has 0 bridgehead atoms. The largest absolute Gasteiger partial charge is 0.489 e. The summed E-state index contributed by atoms with van der Waals surface area (Å²) in [6.45, 7) is 10.6. The number of hydrogen-bond donors (Lipinski definition) is 1. The van der Waals surface area contributed by atoms with Crippen LogP contribution in [0.5, 0.6) is 5.75 Å². The zero-order chi connectivity index (χ0) is 30.5. The molecule has 1 unspecified atom stereocenters. The van der Waals surface area contributed by atoms with Crippen LogP contribution in [0.1, 0.15) is 41.6 Å². The van der Waals surface area contributed by atoms with E-state index in [0.29, 0.717) is 30.8 Å². The van der Waals surface area contributed by atoms with Gasteiger partial charge in [-0.2, -0.15) is 0 Å². The van der Waals surface area contributed by atoms with E-state index in [1.54, 1.807) is 0 Å². The summed E-state index contributed by atoms with van der Waals surface area (Å²) >= 11 is 0. The van der Waals surface area contributed by atoms with Crippen LogP contribution in [0, 0.1) is 19.7 Å². The number of anilines is 3. The number of halogens is 1. The summed E-state index contributed by atoms with van der Waals surface area (Å²) in [6, 6.07) is 19.4. The minimum Gasteiger partial charge on any atom is -0.489 e. The van der Waals surface area contributed by atoms with Gasteiger partial charge in [0, 0.05) is 48.6 Å². The topological polar surface area (TPSA) is 88.4 Å². The number of imidazole rings is 1. The van der Waals surface area contributed by atoms with Gasteiger partial charge < -0.3 is 24.4 Å². The van der Waals surface area contributed by atoms with Gasteiger partial charge in [-0.1, -0.05) is 18.2 Å². The molecular formula is C34H34FN7O2. The minimum atomic E-state index is -0.494. The molecule has 0 aliphatic carbocycles. The lowest BCUT2D eigenvalue weighted by Gasteiger charge is -2.45. The van der Waals surface area contributed by atoms with Gasteiger partial charge in [-0.15, -0.1) is 0 Å². The van der Waals surface area contributed by atoms with Crippen molar-refractivity contribution < 1.29 is 13.9 Å². The number of nitrogens with one attached hydrogen (secondary N) is 1. The molecule has 44 heavy (non-hydrogen) atoms. The van der Waals surface area contributed by atoms with Gasteiger partial charge in [-0.3, -0.25) is 4.79 Å². The zero-order valence-electron chi connectivity index (χ0n) is 25.2. The third-order valence-corrected chi connectivity index (χ3v) is 8.44. The number of nitrogens with zero attached hydrogens (tertiary/aromatic N) is 6. The predicted molar refractivity (Wildman–Crippen MR) is 169 cm³/mol. The Morgan fingerprint density at radius 3 is 2.66 bits per heavy atom. The first-order valence-electron chi connectivity index (χ1n) is 14.9. The number of carbonyl (C=O) groups excluding carboxylic acids is 1. The van der Waals surface area contributed by atoms with Crippen LogP contribution < -0.4 is 15.0 Å². The minimum absolute atomic E-state index is 0.0463. The Labute approximate surface area is 255 Å². The van der Waals surface area contributed by atoms with Crippen molar-refractivity contribution in [2.24, 2.45) is 0 Å². The van der Waals surface area contributed by atoms with E-state index >= 15 is 4.39 Å². The Hall–Kier alpha value is -4.99. The van der Waals surface area contributed by atoms with Gasteiger partial charge in [0.2, 0.25) is 5.95 Å². The lowest BCUT2D eigenvalue weighted by molar-refractivity contribution is 0.0696. The van der Waals surface area contributed by atoms with Crippen LogP contribution in [0.3, 0.4) is 0 Å². The molecule has 4 heterocycles. The van der Waals surface area contributed by atoms with Gasteiger partial charge in [-0.25, -0.2) is 19.3 Å². The molecule has 224 valence electrons.